The lowest BCUT2D eigenvalue weighted by atomic mass is 9.96. The van der Waals surface area contributed by atoms with Crippen molar-refractivity contribution in [2.45, 2.75) is 45.1 Å². The maximum atomic E-state index is 12.8. The molecule has 3 amide bonds. The van der Waals surface area contributed by atoms with Crippen LogP contribution in [0.1, 0.15) is 48.0 Å². The molecule has 1 N–H and O–H groups in total. The summed E-state index contributed by atoms with van der Waals surface area (Å²) in [6, 6.07) is 4.76. The first kappa shape index (κ1) is 19.1. The van der Waals surface area contributed by atoms with Gasteiger partial charge in [-0.25, -0.2) is 4.79 Å². The summed E-state index contributed by atoms with van der Waals surface area (Å²) in [6.07, 6.45) is 5.64. The van der Waals surface area contributed by atoms with E-state index in [0.29, 0.717) is 37.3 Å². The van der Waals surface area contributed by atoms with E-state index in [-0.39, 0.29) is 23.7 Å². The normalized spacial score (nSPS) is 18.3. The summed E-state index contributed by atoms with van der Waals surface area (Å²) in [6.45, 7) is 3.40. The Kier molecular flexibility index (Phi) is 5.93. The van der Waals surface area contributed by atoms with Gasteiger partial charge < -0.3 is 15.1 Å². The summed E-state index contributed by atoms with van der Waals surface area (Å²) in [5.74, 6) is -0.219. The van der Waals surface area contributed by atoms with Crippen molar-refractivity contribution in [3.05, 3.63) is 39.4 Å². The van der Waals surface area contributed by atoms with E-state index in [0.717, 1.165) is 25.7 Å². The van der Waals surface area contributed by atoms with Gasteiger partial charge in [0.1, 0.15) is 0 Å². The Balaban J connectivity index is 1.57. The molecule has 2 fully saturated rings. The number of benzene rings is 1. The third-order valence-corrected chi connectivity index (χ3v) is 5.52. The average Bonchev–Trinajstić information content (AvgIpc) is 2.68. The molecule has 0 atom stereocenters. The highest BCUT2D eigenvalue weighted by molar-refractivity contribution is 5.96. The van der Waals surface area contributed by atoms with Crippen molar-refractivity contribution in [2.24, 2.45) is 0 Å². The predicted molar refractivity (Wildman–Crippen MR) is 101 cm³/mol. The summed E-state index contributed by atoms with van der Waals surface area (Å²) < 4.78 is 0. The van der Waals surface area contributed by atoms with E-state index in [4.69, 9.17) is 0 Å². The van der Waals surface area contributed by atoms with E-state index >= 15 is 0 Å². The maximum absolute atomic E-state index is 12.8. The molecule has 8 heteroatoms. The third-order valence-electron chi connectivity index (χ3n) is 5.52. The number of piperazine rings is 1. The molecule has 0 radical (unpaired) electrons. The molecule has 0 aromatic heterocycles. The average molecular weight is 374 g/mol. The quantitative estimate of drug-likeness (QED) is 0.650. The zero-order valence-corrected chi connectivity index (χ0v) is 15.6. The molecule has 1 saturated carbocycles. The van der Waals surface area contributed by atoms with Crippen LogP contribution in [-0.2, 0) is 0 Å². The minimum atomic E-state index is -0.473. The van der Waals surface area contributed by atoms with Gasteiger partial charge in [0.2, 0.25) is 0 Å². The van der Waals surface area contributed by atoms with E-state index in [1.165, 1.54) is 18.6 Å². The molecular weight excluding hydrogens is 348 g/mol. The molecule has 1 heterocycles. The lowest BCUT2D eigenvalue weighted by molar-refractivity contribution is -0.385. The summed E-state index contributed by atoms with van der Waals surface area (Å²) >= 11 is 0. The van der Waals surface area contributed by atoms with Crippen LogP contribution in [0.15, 0.2) is 18.2 Å². The van der Waals surface area contributed by atoms with Crippen LogP contribution in [0.5, 0.6) is 0 Å². The zero-order chi connectivity index (χ0) is 19.4. The zero-order valence-electron chi connectivity index (χ0n) is 15.6. The number of nitrogens with one attached hydrogen (secondary N) is 1. The van der Waals surface area contributed by atoms with Crippen molar-refractivity contribution >= 4 is 17.6 Å². The lowest BCUT2D eigenvalue weighted by Crippen LogP contribution is -2.54. The number of carbonyl (C=O) groups is 2. The first-order valence-electron chi connectivity index (χ1n) is 9.56. The molecule has 0 unspecified atom stereocenters. The summed E-state index contributed by atoms with van der Waals surface area (Å²) in [4.78, 5) is 39.2. The van der Waals surface area contributed by atoms with Gasteiger partial charge >= 0.3 is 6.03 Å². The monoisotopic (exact) mass is 374 g/mol. The number of carbonyl (C=O) groups excluding carboxylic acids is 2. The Morgan fingerprint density at radius 1 is 1.07 bits per heavy atom. The van der Waals surface area contributed by atoms with Gasteiger partial charge in [0, 0.05) is 49.4 Å². The number of nitrogens with zero attached hydrogens (tertiary/aromatic N) is 3. The number of nitro groups is 1. The van der Waals surface area contributed by atoms with E-state index in [2.05, 4.69) is 5.32 Å². The van der Waals surface area contributed by atoms with Crippen LogP contribution in [0, 0.1) is 17.0 Å². The fourth-order valence-corrected chi connectivity index (χ4v) is 3.85. The van der Waals surface area contributed by atoms with Gasteiger partial charge in [-0.1, -0.05) is 25.3 Å². The Morgan fingerprint density at radius 2 is 1.70 bits per heavy atom. The molecular formula is C19H26N4O4. The Morgan fingerprint density at radius 3 is 2.33 bits per heavy atom. The SMILES string of the molecule is Cc1c(C(=O)N2CCN(C(=O)NC3CCCCC3)CC2)cccc1[N+](=O)[O-]. The second kappa shape index (κ2) is 8.37. The smallest absolute Gasteiger partial charge is 0.317 e. The predicted octanol–water partition coefficient (Wildman–Crippen LogP) is 2.70. The topological polar surface area (TPSA) is 95.8 Å². The standard InChI is InChI=1S/C19H26N4O4/c1-14-16(8-5-9-17(14)23(26)27)18(24)21-10-12-22(13-11-21)19(25)20-15-6-3-2-4-7-15/h5,8-9,15H,2-4,6-7,10-13H2,1H3,(H,20,25). The molecule has 0 spiro atoms. The number of hydrogen-bond donors (Lipinski definition) is 1. The van der Waals surface area contributed by atoms with Crippen molar-refractivity contribution in [1.82, 2.24) is 15.1 Å². The Labute approximate surface area is 158 Å². The van der Waals surface area contributed by atoms with Crippen molar-refractivity contribution in [3.63, 3.8) is 0 Å². The molecule has 2 aliphatic rings. The van der Waals surface area contributed by atoms with Crippen LogP contribution in [0.4, 0.5) is 10.5 Å². The van der Waals surface area contributed by atoms with Gasteiger partial charge in [-0.15, -0.1) is 0 Å². The van der Waals surface area contributed by atoms with Crippen molar-refractivity contribution in [2.75, 3.05) is 26.2 Å². The summed E-state index contributed by atoms with van der Waals surface area (Å²) in [5.41, 5.74) is 0.681. The molecule has 1 saturated heterocycles. The number of rotatable bonds is 3. The van der Waals surface area contributed by atoms with Gasteiger partial charge in [0.05, 0.1) is 4.92 Å². The lowest BCUT2D eigenvalue weighted by Gasteiger charge is -2.36. The number of hydrogen-bond acceptors (Lipinski definition) is 4. The largest absolute Gasteiger partial charge is 0.335 e. The number of nitro benzene ring substituents is 1. The number of amides is 3. The third kappa shape index (κ3) is 4.37. The first-order valence-corrected chi connectivity index (χ1v) is 9.56. The van der Waals surface area contributed by atoms with Gasteiger partial charge in [0.25, 0.3) is 11.6 Å². The van der Waals surface area contributed by atoms with Crippen molar-refractivity contribution in [3.8, 4) is 0 Å². The molecule has 1 aromatic rings. The van der Waals surface area contributed by atoms with Crippen LogP contribution in [0.25, 0.3) is 0 Å². The van der Waals surface area contributed by atoms with Crippen LogP contribution < -0.4 is 5.32 Å². The molecule has 1 aliphatic carbocycles. The van der Waals surface area contributed by atoms with E-state index in [1.54, 1.807) is 22.8 Å². The summed E-state index contributed by atoms with van der Waals surface area (Å²) in [5, 5.41) is 14.2. The molecule has 0 bridgehead atoms. The van der Waals surface area contributed by atoms with Crippen LogP contribution in [0.3, 0.4) is 0 Å². The van der Waals surface area contributed by atoms with Crippen LogP contribution in [0.2, 0.25) is 0 Å². The fourth-order valence-electron chi connectivity index (χ4n) is 3.85. The molecule has 1 aliphatic heterocycles. The van der Waals surface area contributed by atoms with E-state index in [9.17, 15) is 19.7 Å². The van der Waals surface area contributed by atoms with Crippen molar-refractivity contribution < 1.29 is 14.5 Å². The van der Waals surface area contributed by atoms with Crippen molar-refractivity contribution in [1.29, 1.82) is 0 Å². The molecule has 146 valence electrons. The van der Waals surface area contributed by atoms with Gasteiger partial charge in [0.15, 0.2) is 0 Å². The van der Waals surface area contributed by atoms with E-state index < -0.39 is 4.92 Å². The highest BCUT2D eigenvalue weighted by atomic mass is 16.6. The fraction of sp³-hybridized carbons (Fsp3) is 0.579. The second-order valence-corrected chi connectivity index (χ2v) is 7.27. The van der Waals surface area contributed by atoms with Gasteiger partial charge in [-0.2, -0.15) is 0 Å². The molecule has 1 aromatic carbocycles. The number of urea groups is 1. The highest BCUT2D eigenvalue weighted by Crippen LogP contribution is 2.23. The maximum Gasteiger partial charge on any atom is 0.317 e. The summed E-state index contributed by atoms with van der Waals surface area (Å²) in [7, 11) is 0. The minimum absolute atomic E-state index is 0.0497. The van der Waals surface area contributed by atoms with Crippen LogP contribution >= 0.6 is 0 Å². The first-order chi connectivity index (χ1) is 13.0. The van der Waals surface area contributed by atoms with Crippen LogP contribution in [-0.4, -0.2) is 58.9 Å². The second-order valence-electron chi connectivity index (χ2n) is 7.27. The Hall–Kier alpha value is -2.64. The highest BCUT2D eigenvalue weighted by Gasteiger charge is 2.28. The molecule has 8 nitrogen and oxygen atoms in total. The molecule has 27 heavy (non-hydrogen) atoms. The van der Waals surface area contributed by atoms with E-state index in [1.807, 2.05) is 0 Å². The van der Waals surface area contributed by atoms with Gasteiger partial charge in [-0.05, 0) is 25.8 Å². The Bertz CT molecular complexity index is 722. The molecule has 3 rings (SSSR count). The minimum Gasteiger partial charge on any atom is -0.335 e. The van der Waals surface area contributed by atoms with Gasteiger partial charge in [-0.3, -0.25) is 14.9 Å².